The number of carboxylic acids is 1. The van der Waals surface area contributed by atoms with Gasteiger partial charge in [-0.05, 0) is 43.1 Å². The van der Waals surface area contributed by atoms with Gasteiger partial charge in [-0.25, -0.2) is 0 Å². The van der Waals surface area contributed by atoms with Crippen LogP contribution in [0.1, 0.15) is 54.4 Å². The minimum atomic E-state index is -0.742. The number of aliphatic carboxylic acids is 1. The fourth-order valence-corrected chi connectivity index (χ4v) is 3.34. The average molecular weight is 311 g/mol. The molecule has 2 heterocycles. The molecule has 6 nitrogen and oxygen atoms in total. The molecule has 0 saturated carbocycles. The summed E-state index contributed by atoms with van der Waals surface area (Å²) in [5.41, 5.74) is 0.806. The van der Waals surface area contributed by atoms with Gasteiger partial charge in [0, 0.05) is 19.5 Å². The molecule has 116 valence electrons. The zero-order chi connectivity index (χ0) is 15.2. The normalized spacial score (nSPS) is 16.1. The van der Waals surface area contributed by atoms with E-state index < -0.39 is 5.97 Å². The van der Waals surface area contributed by atoms with Gasteiger partial charge < -0.3 is 10.0 Å². The number of hydrogen-bond acceptors (Lipinski definition) is 5. The Morgan fingerprint density at radius 1 is 1.38 bits per heavy atom. The number of hydrogen-bond donors (Lipinski definition) is 1. The molecule has 7 heteroatoms. The van der Waals surface area contributed by atoms with Crippen molar-refractivity contribution in [2.45, 2.75) is 45.4 Å². The number of aryl methyl sites for hydroxylation is 1. The Hall–Kier alpha value is -1.50. The van der Waals surface area contributed by atoms with Gasteiger partial charge in [-0.3, -0.25) is 9.59 Å². The molecular weight excluding hydrogens is 290 g/mol. The molecule has 0 aliphatic carbocycles. The molecule has 1 amide bonds. The van der Waals surface area contributed by atoms with Crippen LogP contribution in [0.2, 0.25) is 0 Å². The van der Waals surface area contributed by atoms with Crippen LogP contribution in [0.5, 0.6) is 0 Å². The summed E-state index contributed by atoms with van der Waals surface area (Å²) in [6.45, 7) is 3.46. The first-order valence-electron chi connectivity index (χ1n) is 7.44. The molecule has 1 aromatic heterocycles. The van der Waals surface area contributed by atoms with Crippen LogP contribution in [-0.4, -0.2) is 44.6 Å². The van der Waals surface area contributed by atoms with Gasteiger partial charge in [-0.2, -0.15) is 0 Å². The third-order valence-electron chi connectivity index (χ3n) is 3.90. The Kier molecular flexibility index (Phi) is 5.67. The first kappa shape index (κ1) is 15.9. The zero-order valence-corrected chi connectivity index (χ0v) is 13.1. The molecule has 0 aromatic carbocycles. The molecule has 1 aliphatic heterocycles. The zero-order valence-electron chi connectivity index (χ0n) is 12.2. The van der Waals surface area contributed by atoms with Gasteiger partial charge in [0.1, 0.15) is 4.88 Å². The highest BCUT2D eigenvalue weighted by molar-refractivity contribution is 7.08. The Morgan fingerprint density at radius 3 is 2.71 bits per heavy atom. The third kappa shape index (κ3) is 4.23. The quantitative estimate of drug-likeness (QED) is 0.871. The molecular formula is C14H21N3O3S. The summed E-state index contributed by atoms with van der Waals surface area (Å²) >= 11 is 1.18. The summed E-state index contributed by atoms with van der Waals surface area (Å²) in [5.74, 6) is -0.293. The Labute approximate surface area is 128 Å². The summed E-state index contributed by atoms with van der Waals surface area (Å²) in [6, 6.07) is 0. The molecule has 0 spiro atoms. The fourth-order valence-electron chi connectivity index (χ4n) is 2.67. The minimum Gasteiger partial charge on any atom is -0.481 e. The van der Waals surface area contributed by atoms with E-state index in [1.807, 2.05) is 4.90 Å². The van der Waals surface area contributed by atoms with Crippen LogP contribution in [0, 0.1) is 5.92 Å². The first-order chi connectivity index (χ1) is 10.1. The summed E-state index contributed by atoms with van der Waals surface area (Å²) in [6.07, 6.45) is 4.43. The van der Waals surface area contributed by atoms with Gasteiger partial charge in [-0.15, -0.1) is 5.10 Å². The number of aromatic nitrogens is 2. The Bertz CT molecular complexity index is 495. The van der Waals surface area contributed by atoms with Crippen molar-refractivity contribution in [2.24, 2.45) is 5.92 Å². The maximum atomic E-state index is 12.5. The van der Waals surface area contributed by atoms with E-state index in [-0.39, 0.29) is 12.3 Å². The van der Waals surface area contributed by atoms with Gasteiger partial charge in [0.15, 0.2) is 0 Å². The van der Waals surface area contributed by atoms with Crippen LogP contribution in [0.3, 0.4) is 0 Å². The van der Waals surface area contributed by atoms with Crippen LogP contribution in [-0.2, 0) is 11.2 Å². The van der Waals surface area contributed by atoms with E-state index in [1.54, 1.807) is 0 Å². The number of carbonyl (C=O) groups is 2. The lowest BCUT2D eigenvalue weighted by Crippen LogP contribution is -2.38. The highest BCUT2D eigenvalue weighted by atomic mass is 32.1. The van der Waals surface area contributed by atoms with Gasteiger partial charge in [0.25, 0.3) is 5.91 Å². The number of carbonyl (C=O) groups excluding carboxylic acids is 1. The standard InChI is InChI=1S/C14H21N3O3S/c1-2-3-11-13(21-16-15-11)14(20)17-8-6-10(7-9-17)4-5-12(18)19/h10H,2-9H2,1H3,(H,18,19). The third-order valence-corrected chi connectivity index (χ3v) is 4.66. The maximum Gasteiger partial charge on any atom is 0.303 e. The van der Waals surface area contributed by atoms with Crippen molar-refractivity contribution < 1.29 is 14.7 Å². The predicted molar refractivity (Wildman–Crippen MR) is 79.4 cm³/mol. The number of amides is 1. The second kappa shape index (κ2) is 7.49. The predicted octanol–water partition coefficient (Wildman–Crippen LogP) is 2.21. The van der Waals surface area contributed by atoms with E-state index in [0.717, 1.165) is 31.4 Å². The van der Waals surface area contributed by atoms with E-state index in [0.29, 0.717) is 30.3 Å². The van der Waals surface area contributed by atoms with Gasteiger partial charge in [0.2, 0.25) is 0 Å². The molecule has 1 aliphatic rings. The molecule has 21 heavy (non-hydrogen) atoms. The largest absolute Gasteiger partial charge is 0.481 e. The van der Waals surface area contributed by atoms with Crippen molar-refractivity contribution in [2.75, 3.05) is 13.1 Å². The SMILES string of the molecule is CCCc1nnsc1C(=O)N1CCC(CCC(=O)O)CC1. The average Bonchev–Trinajstić information content (AvgIpc) is 2.93. The molecule has 1 aromatic rings. The van der Waals surface area contributed by atoms with Crippen molar-refractivity contribution in [3.63, 3.8) is 0 Å². The molecule has 2 rings (SSSR count). The molecule has 0 radical (unpaired) electrons. The van der Waals surface area contributed by atoms with Gasteiger partial charge in [0.05, 0.1) is 5.69 Å². The highest BCUT2D eigenvalue weighted by Gasteiger charge is 2.26. The van der Waals surface area contributed by atoms with E-state index >= 15 is 0 Å². The first-order valence-corrected chi connectivity index (χ1v) is 8.21. The van der Waals surface area contributed by atoms with Crippen LogP contribution in [0.15, 0.2) is 0 Å². The van der Waals surface area contributed by atoms with Crippen molar-refractivity contribution in [1.82, 2.24) is 14.5 Å². The second-order valence-electron chi connectivity index (χ2n) is 5.47. The monoisotopic (exact) mass is 311 g/mol. The number of likely N-dealkylation sites (tertiary alicyclic amines) is 1. The molecule has 1 N–H and O–H groups in total. The van der Waals surface area contributed by atoms with Crippen molar-refractivity contribution in [3.05, 3.63) is 10.6 Å². The number of rotatable bonds is 6. The van der Waals surface area contributed by atoms with Gasteiger partial charge in [-0.1, -0.05) is 17.8 Å². The van der Waals surface area contributed by atoms with E-state index in [4.69, 9.17) is 5.11 Å². The smallest absolute Gasteiger partial charge is 0.303 e. The lowest BCUT2D eigenvalue weighted by Gasteiger charge is -2.31. The maximum absolute atomic E-state index is 12.5. The minimum absolute atomic E-state index is 0.0325. The van der Waals surface area contributed by atoms with E-state index in [2.05, 4.69) is 16.5 Å². The van der Waals surface area contributed by atoms with Crippen LogP contribution in [0.25, 0.3) is 0 Å². The Balaban J connectivity index is 1.88. The van der Waals surface area contributed by atoms with Crippen LogP contribution >= 0.6 is 11.5 Å². The molecule has 0 unspecified atom stereocenters. The summed E-state index contributed by atoms with van der Waals surface area (Å²) < 4.78 is 3.90. The topological polar surface area (TPSA) is 83.4 Å². The molecule has 1 fully saturated rings. The summed E-state index contributed by atoms with van der Waals surface area (Å²) in [5, 5.41) is 12.8. The summed E-state index contributed by atoms with van der Waals surface area (Å²) in [7, 11) is 0. The number of nitrogens with zero attached hydrogens (tertiary/aromatic N) is 3. The van der Waals surface area contributed by atoms with E-state index in [1.165, 1.54) is 11.5 Å². The van der Waals surface area contributed by atoms with Crippen molar-refractivity contribution in [1.29, 1.82) is 0 Å². The second-order valence-corrected chi connectivity index (χ2v) is 6.22. The van der Waals surface area contributed by atoms with Gasteiger partial charge >= 0.3 is 5.97 Å². The van der Waals surface area contributed by atoms with Crippen LogP contribution < -0.4 is 0 Å². The van der Waals surface area contributed by atoms with Crippen molar-refractivity contribution in [3.8, 4) is 0 Å². The highest BCUT2D eigenvalue weighted by Crippen LogP contribution is 2.24. The van der Waals surface area contributed by atoms with E-state index in [9.17, 15) is 9.59 Å². The number of piperidine rings is 1. The molecule has 0 atom stereocenters. The fraction of sp³-hybridized carbons (Fsp3) is 0.714. The summed E-state index contributed by atoms with van der Waals surface area (Å²) in [4.78, 5) is 25.6. The lowest BCUT2D eigenvalue weighted by atomic mass is 9.92. The molecule has 1 saturated heterocycles. The lowest BCUT2D eigenvalue weighted by molar-refractivity contribution is -0.137. The van der Waals surface area contributed by atoms with Crippen molar-refractivity contribution >= 4 is 23.4 Å². The number of carboxylic acid groups (broad SMARTS) is 1. The molecule has 0 bridgehead atoms. The Morgan fingerprint density at radius 2 is 2.10 bits per heavy atom. The van der Waals surface area contributed by atoms with Crippen LogP contribution in [0.4, 0.5) is 0 Å².